The third kappa shape index (κ3) is 3.84. The number of primary amides is 1. The summed E-state index contributed by atoms with van der Waals surface area (Å²) in [6, 6.07) is 1.94. The summed E-state index contributed by atoms with van der Waals surface area (Å²) < 4.78 is 27.8. The molecule has 11 nitrogen and oxygen atoms in total. The minimum Gasteiger partial charge on any atom is -0.376 e. The van der Waals surface area contributed by atoms with Gasteiger partial charge in [0.05, 0.1) is 41.6 Å². The van der Waals surface area contributed by atoms with Crippen LogP contribution < -0.4 is 11.1 Å². The van der Waals surface area contributed by atoms with E-state index < -0.39 is 17.9 Å². The molecule has 1 saturated heterocycles. The van der Waals surface area contributed by atoms with Crippen molar-refractivity contribution >= 4 is 23.1 Å². The Labute approximate surface area is 198 Å². The van der Waals surface area contributed by atoms with Crippen molar-refractivity contribution in [1.82, 2.24) is 29.3 Å². The van der Waals surface area contributed by atoms with Gasteiger partial charge < -0.3 is 16.0 Å². The van der Waals surface area contributed by atoms with Gasteiger partial charge in [-0.25, -0.2) is 14.2 Å². The fourth-order valence-corrected chi connectivity index (χ4v) is 4.58. The van der Waals surface area contributed by atoms with Crippen molar-refractivity contribution in [1.29, 1.82) is 5.26 Å². The van der Waals surface area contributed by atoms with Gasteiger partial charge in [0.1, 0.15) is 5.41 Å². The second-order valence-electron chi connectivity index (χ2n) is 9.00. The number of nitrogens with zero attached hydrogens (tertiary/aromatic N) is 7. The topological polar surface area (TPSA) is 147 Å². The van der Waals surface area contributed by atoms with E-state index in [1.807, 2.05) is 6.92 Å². The smallest absolute Gasteiger partial charge is 0.333 e. The largest absolute Gasteiger partial charge is 0.376 e. The lowest BCUT2D eigenvalue weighted by Gasteiger charge is -2.21. The van der Waals surface area contributed by atoms with E-state index in [1.54, 1.807) is 11.1 Å². The number of hydrogen-bond acceptors (Lipinski definition) is 7. The van der Waals surface area contributed by atoms with E-state index in [9.17, 15) is 23.6 Å². The number of nitrogens with two attached hydrogens (primary N) is 1. The molecule has 3 N–H and O–H groups in total. The molecule has 1 aliphatic carbocycles. The van der Waals surface area contributed by atoms with Crippen LogP contribution in [0.25, 0.3) is 16.9 Å². The highest BCUT2D eigenvalue weighted by atomic mass is 19.3. The molecule has 1 aliphatic heterocycles. The maximum atomic E-state index is 12.9. The number of fused-ring (bicyclic) bond motifs is 1. The zero-order valence-electron chi connectivity index (χ0n) is 18.9. The van der Waals surface area contributed by atoms with Gasteiger partial charge in [-0.1, -0.05) is 6.92 Å². The molecular formula is C22H23F2N9O2. The standard InChI is InChI=1S/C22H23F2N9O2/c1-2-12-7-31(20(35)22(11-25)3-4-22)9-15(12)29-17-14(18(26)34)6-28-32-10-16(30-19(17)32)13-5-27-33(8-13)21(23)24/h5-6,8,10,12,15,21,29H,2-4,7,9H2,1H3,(H2,26,34)/t12-,15+/m0/s1. The molecule has 35 heavy (non-hydrogen) atoms. The predicted molar refractivity (Wildman–Crippen MR) is 119 cm³/mol. The summed E-state index contributed by atoms with van der Waals surface area (Å²) in [7, 11) is 0. The van der Waals surface area contributed by atoms with E-state index in [0.29, 0.717) is 47.6 Å². The molecule has 2 atom stereocenters. The Bertz CT molecular complexity index is 1350. The zero-order chi connectivity index (χ0) is 24.9. The number of alkyl halides is 2. The molecule has 5 rings (SSSR count). The molecule has 0 aromatic carbocycles. The lowest BCUT2D eigenvalue weighted by molar-refractivity contribution is -0.134. The number of nitriles is 1. The van der Waals surface area contributed by atoms with E-state index in [4.69, 9.17) is 5.73 Å². The van der Waals surface area contributed by atoms with Gasteiger partial charge in [-0.3, -0.25) is 9.59 Å². The molecule has 1 saturated carbocycles. The number of hydrogen-bond donors (Lipinski definition) is 2. The van der Waals surface area contributed by atoms with Crippen LogP contribution in [0.3, 0.4) is 0 Å². The van der Waals surface area contributed by atoms with Crippen LogP contribution in [0.4, 0.5) is 14.5 Å². The van der Waals surface area contributed by atoms with Crippen LogP contribution in [-0.2, 0) is 4.79 Å². The van der Waals surface area contributed by atoms with Gasteiger partial charge in [0.2, 0.25) is 5.91 Å². The van der Waals surface area contributed by atoms with Gasteiger partial charge in [0.15, 0.2) is 5.65 Å². The zero-order valence-corrected chi connectivity index (χ0v) is 18.9. The number of carbonyl (C=O) groups excluding carboxylic acids is 2. The Hall–Kier alpha value is -4.08. The first-order valence-corrected chi connectivity index (χ1v) is 11.2. The molecule has 0 unspecified atom stereocenters. The molecule has 0 bridgehead atoms. The monoisotopic (exact) mass is 483 g/mol. The van der Waals surface area contributed by atoms with E-state index in [1.165, 1.54) is 23.1 Å². The van der Waals surface area contributed by atoms with E-state index in [-0.39, 0.29) is 29.1 Å². The van der Waals surface area contributed by atoms with Crippen molar-refractivity contribution in [2.45, 2.75) is 38.8 Å². The lowest BCUT2D eigenvalue weighted by Crippen LogP contribution is -2.36. The Balaban J connectivity index is 1.49. The Kier molecular flexibility index (Phi) is 5.38. The number of aromatic nitrogens is 5. The second kappa shape index (κ2) is 8.30. The van der Waals surface area contributed by atoms with Crippen LogP contribution >= 0.6 is 0 Å². The first kappa shape index (κ1) is 22.7. The minimum atomic E-state index is -2.78. The number of nitrogens with one attached hydrogen (secondary N) is 1. The van der Waals surface area contributed by atoms with Gasteiger partial charge in [-0.05, 0) is 25.2 Å². The summed E-state index contributed by atoms with van der Waals surface area (Å²) >= 11 is 0. The summed E-state index contributed by atoms with van der Waals surface area (Å²) in [5.41, 5.74) is 6.15. The number of halogens is 2. The number of amides is 2. The molecular weight excluding hydrogens is 460 g/mol. The fourth-order valence-electron chi connectivity index (χ4n) is 4.58. The van der Waals surface area contributed by atoms with Gasteiger partial charge in [-0.2, -0.15) is 24.2 Å². The highest BCUT2D eigenvalue weighted by Crippen LogP contribution is 2.47. The molecule has 3 aromatic heterocycles. The first-order valence-electron chi connectivity index (χ1n) is 11.2. The number of imidazole rings is 1. The van der Waals surface area contributed by atoms with Crippen LogP contribution in [0, 0.1) is 22.7 Å². The second-order valence-corrected chi connectivity index (χ2v) is 9.00. The van der Waals surface area contributed by atoms with Crippen LogP contribution in [0.2, 0.25) is 0 Å². The Morgan fingerprint density at radius 1 is 1.29 bits per heavy atom. The fraction of sp³-hybridized carbons (Fsp3) is 0.455. The molecule has 182 valence electrons. The van der Waals surface area contributed by atoms with Crippen LogP contribution in [0.1, 0.15) is 43.1 Å². The summed E-state index contributed by atoms with van der Waals surface area (Å²) in [5, 5.41) is 20.6. The van der Waals surface area contributed by atoms with E-state index in [0.717, 1.165) is 6.42 Å². The molecule has 2 fully saturated rings. The summed E-state index contributed by atoms with van der Waals surface area (Å²) in [6.07, 6.45) is 7.22. The van der Waals surface area contributed by atoms with Crippen molar-refractivity contribution in [3.63, 3.8) is 0 Å². The van der Waals surface area contributed by atoms with Gasteiger partial charge in [0, 0.05) is 30.9 Å². The lowest BCUT2D eigenvalue weighted by atomic mass is 10.0. The molecule has 0 spiro atoms. The average molecular weight is 483 g/mol. The average Bonchev–Trinajstić information content (AvgIpc) is 3.19. The van der Waals surface area contributed by atoms with Crippen LogP contribution in [0.5, 0.6) is 0 Å². The van der Waals surface area contributed by atoms with Crippen molar-refractivity contribution in [2.75, 3.05) is 18.4 Å². The maximum absolute atomic E-state index is 12.9. The molecule has 2 amide bonds. The van der Waals surface area contributed by atoms with Gasteiger partial charge >= 0.3 is 6.55 Å². The summed E-state index contributed by atoms with van der Waals surface area (Å²) in [4.78, 5) is 31.4. The van der Waals surface area contributed by atoms with Gasteiger partial charge in [-0.15, -0.1) is 0 Å². The molecule has 13 heteroatoms. The SMILES string of the molecule is CC[C@H]1CN(C(=O)C2(C#N)CC2)C[C@H]1Nc1c(C(N)=O)cnn2cc(-c3cnn(C(F)F)c3)nc12. The third-order valence-electron chi connectivity index (χ3n) is 6.81. The van der Waals surface area contributed by atoms with Crippen LogP contribution in [0.15, 0.2) is 24.8 Å². The van der Waals surface area contributed by atoms with E-state index in [2.05, 4.69) is 26.6 Å². The third-order valence-corrected chi connectivity index (χ3v) is 6.81. The minimum absolute atomic E-state index is 0.0705. The number of rotatable bonds is 7. The highest BCUT2D eigenvalue weighted by Gasteiger charge is 2.54. The quantitative estimate of drug-likeness (QED) is 0.523. The Morgan fingerprint density at radius 2 is 2.06 bits per heavy atom. The van der Waals surface area contributed by atoms with Crippen molar-refractivity contribution in [3.05, 3.63) is 30.4 Å². The van der Waals surface area contributed by atoms with E-state index >= 15 is 0 Å². The normalized spacial score (nSPS) is 20.8. The van der Waals surface area contributed by atoms with Gasteiger partial charge in [0.25, 0.3) is 5.91 Å². The highest BCUT2D eigenvalue weighted by molar-refractivity contribution is 6.01. The molecule has 3 aromatic rings. The summed E-state index contributed by atoms with van der Waals surface area (Å²) in [6.45, 7) is 0.0846. The predicted octanol–water partition coefficient (Wildman–Crippen LogP) is 2.04. The van der Waals surface area contributed by atoms with Crippen molar-refractivity contribution < 1.29 is 18.4 Å². The molecule has 4 heterocycles. The number of anilines is 1. The first-order chi connectivity index (χ1) is 16.8. The summed E-state index contributed by atoms with van der Waals surface area (Å²) in [5.74, 6) is -0.795. The molecule has 2 aliphatic rings. The maximum Gasteiger partial charge on any atom is 0.333 e. The van der Waals surface area contributed by atoms with Crippen molar-refractivity contribution in [2.24, 2.45) is 17.1 Å². The van der Waals surface area contributed by atoms with Crippen LogP contribution in [-0.4, -0.2) is 60.2 Å². The Morgan fingerprint density at radius 3 is 2.66 bits per heavy atom. The van der Waals surface area contributed by atoms with Crippen molar-refractivity contribution in [3.8, 4) is 17.3 Å². The number of carbonyl (C=O) groups is 2. The number of likely N-dealkylation sites (tertiary alicyclic amines) is 1. The molecule has 0 radical (unpaired) electrons.